The van der Waals surface area contributed by atoms with Crippen LogP contribution in [0.1, 0.15) is 30.0 Å². The van der Waals surface area contributed by atoms with Crippen LogP contribution < -0.4 is 5.43 Å². The molecular weight excluding hydrogens is 469 g/mol. The number of carbonyl (C=O) groups is 2. The Labute approximate surface area is 199 Å². The van der Waals surface area contributed by atoms with Crippen molar-refractivity contribution in [2.75, 3.05) is 6.54 Å². The van der Waals surface area contributed by atoms with Gasteiger partial charge in [0.1, 0.15) is 5.82 Å². The predicted molar refractivity (Wildman–Crippen MR) is 120 cm³/mol. The highest BCUT2D eigenvalue weighted by Gasteiger charge is 2.25. The van der Waals surface area contributed by atoms with Crippen LogP contribution in [0.3, 0.4) is 0 Å². The Balaban J connectivity index is 1.80. The Kier molecular flexibility index (Phi) is 8.21. The number of aromatic hydroxyl groups is 1. The van der Waals surface area contributed by atoms with Crippen LogP contribution in [0.15, 0.2) is 53.1 Å². The first-order chi connectivity index (χ1) is 16.1. The monoisotopic (exact) mass is 491 g/mol. The first-order valence-electron chi connectivity index (χ1n) is 10.3. The van der Waals surface area contributed by atoms with Crippen LogP contribution in [0.5, 0.6) is 5.88 Å². The van der Waals surface area contributed by atoms with Crippen molar-refractivity contribution in [2.24, 2.45) is 0 Å². The molecule has 0 saturated heterocycles. The number of hydrazine groups is 1. The molecule has 0 aliphatic carbocycles. The maximum atomic E-state index is 14.9. The Morgan fingerprint density at radius 3 is 2.56 bits per heavy atom. The van der Waals surface area contributed by atoms with Crippen molar-refractivity contribution in [2.45, 2.75) is 32.6 Å². The number of hydrogen-bond acceptors (Lipinski definition) is 8. The summed E-state index contributed by atoms with van der Waals surface area (Å²) in [7, 11) is 0. The Morgan fingerprint density at radius 2 is 1.94 bits per heavy atom. The Hall–Kier alpha value is -3.47. The Morgan fingerprint density at radius 1 is 1.21 bits per heavy atom. The van der Waals surface area contributed by atoms with Gasteiger partial charge >= 0.3 is 11.9 Å². The summed E-state index contributed by atoms with van der Waals surface area (Å²) in [5.74, 6) is -3.12. The largest absolute Gasteiger partial charge is 0.491 e. The molecule has 180 valence electrons. The zero-order valence-corrected chi connectivity index (χ0v) is 19.1. The minimum Gasteiger partial charge on any atom is -0.491 e. The van der Waals surface area contributed by atoms with Crippen molar-refractivity contribution in [3.8, 4) is 17.0 Å². The maximum absolute atomic E-state index is 14.9. The number of nitrogens with one attached hydrogen (secondary N) is 1. The molecule has 0 fully saturated rings. The second-order valence-electron chi connectivity index (χ2n) is 7.69. The van der Waals surface area contributed by atoms with Gasteiger partial charge in [-0.25, -0.2) is 14.2 Å². The third kappa shape index (κ3) is 6.77. The molecule has 3 N–H and O–H groups in total. The zero-order chi connectivity index (χ0) is 24.8. The summed E-state index contributed by atoms with van der Waals surface area (Å²) < 4.78 is 24.6. The van der Waals surface area contributed by atoms with Gasteiger partial charge in [-0.2, -0.15) is 0 Å². The van der Waals surface area contributed by atoms with Gasteiger partial charge in [0, 0.05) is 17.1 Å². The van der Waals surface area contributed by atoms with Gasteiger partial charge in [-0.05, 0) is 48.3 Å². The quantitative estimate of drug-likeness (QED) is 0.307. The standard InChI is InChI=1S/C23H23ClFN3O6/c1-13(2)33-23(32)19(29)12-28(26-22(31)20-10-21(30)27-34-20)11-16-7-6-15(9-18(16)25)14-4-3-5-17(24)8-14/h3-10,13,19,29H,11-12H2,1-2H3,(H,26,31)(H,27,30)/t19-/m1/s1. The van der Waals surface area contributed by atoms with Gasteiger partial charge in [-0.15, -0.1) is 0 Å². The summed E-state index contributed by atoms with van der Waals surface area (Å²) in [5, 5.41) is 24.4. The van der Waals surface area contributed by atoms with E-state index in [0.29, 0.717) is 10.6 Å². The third-order valence-electron chi connectivity index (χ3n) is 4.57. The van der Waals surface area contributed by atoms with Gasteiger partial charge in [0.25, 0.3) is 5.88 Å². The van der Waals surface area contributed by atoms with E-state index in [1.807, 2.05) is 0 Å². The molecule has 0 saturated carbocycles. The molecule has 1 amide bonds. The molecule has 0 radical (unpaired) electrons. The highest BCUT2D eigenvalue weighted by molar-refractivity contribution is 6.30. The number of ether oxygens (including phenoxy) is 1. The van der Waals surface area contributed by atoms with Crippen LogP contribution in [-0.2, 0) is 16.1 Å². The summed E-state index contributed by atoms with van der Waals surface area (Å²) in [4.78, 5) is 24.5. The number of benzene rings is 2. The highest BCUT2D eigenvalue weighted by atomic mass is 35.5. The van der Waals surface area contributed by atoms with E-state index in [9.17, 15) is 24.2 Å². The normalized spacial score (nSPS) is 12.1. The van der Waals surface area contributed by atoms with Crippen LogP contribution in [0.25, 0.3) is 11.1 Å². The molecule has 0 spiro atoms. The molecular formula is C23H23ClFN3O6. The number of carbonyl (C=O) groups excluding carboxylic acids is 2. The average molecular weight is 492 g/mol. The van der Waals surface area contributed by atoms with E-state index in [1.54, 1.807) is 44.2 Å². The summed E-state index contributed by atoms with van der Waals surface area (Å²) in [6, 6.07) is 12.4. The molecule has 0 aliphatic rings. The fourth-order valence-electron chi connectivity index (χ4n) is 3.04. The van der Waals surface area contributed by atoms with Gasteiger partial charge in [0.05, 0.1) is 18.7 Å². The van der Waals surface area contributed by atoms with Gasteiger partial charge in [0.15, 0.2) is 6.10 Å². The number of esters is 1. The van der Waals surface area contributed by atoms with Crippen molar-refractivity contribution < 1.29 is 33.5 Å². The number of aliphatic hydroxyl groups excluding tert-OH is 1. The highest BCUT2D eigenvalue weighted by Crippen LogP contribution is 2.25. The number of aliphatic hydroxyl groups is 1. The van der Waals surface area contributed by atoms with Crippen LogP contribution in [-0.4, -0.2) is 51.0 Å². The van der Waals surface area contributed by atoms with Gasteiger partial charge in [-0.1, -0.05) is 35.9 Å². The van der Waals surface area contributed by atoms with Crippen molar-refractivity contribution in [1.82, 2.24) is 15.6 Å². The minimum absolute atomic E-state index is 0.177. The number of nitrogens with zero attached hydrogens (tertiary/aromatic N) is 2. The second kappa shape index (κ2) is 11.1. The fourth-order valence-corrected chi connectivity index (χ4v) is 3.23. The Bertz CT molecular complexity index is 1170. The minimum atomic E-state index is -1.63. The number of aromatic nitrogens is 1. The number of amides is 1. The lowest BCUT2D eigenvalue weighted by Gasteiger charge is -2.25. The number of rotatable bonds is 9. The number of hydrogen-bond donors (Lipinski definition) is 3. The second-order valence-corrected chi connectivity index (χ2v) is 8.13. The predicted octanol–water partition coefficient (Wildman–Crippen LogP) is 3.30. The first-order valence-corrected chi connectivity index (χ1v) is 10.6. The lowest BCUT2D eigenvalue weighted by atomic mass is 10.0. The lowest BCUT2D eigenvalue weighted by molar-refractivity contribution is -0.158. The summed E-state index contributed by atoms with van der Waals surface area (Å²) >= 11 is 6.01. The first kappa shape index (κ1) is 25.2. The number of halogens is 2. The van der Waals surface area contributed by atoms with Crippen LogP contribution in [0, 0.1) is 5.82 Å². The fraction of sp³-hybridized carbons (Fsp3) is 0.261. The van der Waals surface area contributed by atoms with Gasteiger partial charge < -0.3 is 19.5 Å². The molecule has 3 rings (SSSR count). The van der Waals surface area contributed by atoms with E-state index in [-0.39, 0.29) is 17.9 Å². The van der Waals surface area contributed by atoms with Crippen LogP contribution >= 0.6 is 11.6 Å². The topological polar surface area (TPSA) is 125 Å². The molecule has 0 unspecified atom stereocenters. The van der Waals surface area contributed by atoms with E-state index >= 15 is 0 Å². The van der Waals surface area contributed by atoms with E-state index < -0.39 is 42.3 Å². The zero-order valence-electron chi connectivity index (χ0n) is 18.4. The van der Waals surface area contributed by atoms with Crippen molar-refractivity contribution in [3.63, 3.8) is 0 Å². The van der Waals surface area contributed by atoms with Crippen LogP contribution in [0.4, 0.5) is 4.39 Å². The summed E-state index contributed by atoms with van der Waals surface area (Å²) in [6.45, 7) is 2.63. The van der Waals surface area contributed by atoms with Crippen molar-refractivity contribution >= 4 is 23.5 Å². The smallest absolute Gasteiger partial charge is 0.336 e. The van der Waals surface area contributed by atoms with Crippen molar-refractivity contribution in [1.29, 1.82) is 0 Å². The molecule has 1 heterocycles. The lowest BCUT2D eigenvalue weighted by Crippen LogP contribution is -2.47. The van der Waals surface area contributed by atoms with Crippen LogP contribution in [0.2, 0.25) is 5.02 Å². The summed E-state index contributed by atoms with van der Waals surface area (Å²) in [5.41, 5.74) is 3.91. The van der Waals surface area contributed by atoms with Gasteiger partial charge in [-0.3, -0.25) is 10.2 Å². The van der Waals surface area contributed by atoms with E-state index in [1.165, 1.54) is 12.1 Å². The molecule has 3 aromatic rings. The molecule has 0 bridgehead atoms. The molecule has 34 heavy (non-hydrogen) atoms. The molecule has 9 nitrogen and oxygen atoms in total. The molecule has 2 aromatic carbocycles. The maximum Gasteiger partial charge on any atom is 0.336 e. The summed E-state index contributed by atoms with van der Waals surface area (Å²) in [6.07, 6.45) is -2.08. The molecule has 1 aromatic heterocycles. The van der Waals surface area contributed by atoms with E-state index in [0.717, 1.165) is 16.6 Å². The van der Waals surface area contributed by atoms with E-state index in [4.69, 9.17) is 20.9 Å². The molecule has 11 heteroatoms. The average Bonchev–Trinajstić information content (AvgIpc) is 3.21. The molecule has 0 aliphatic heterocycles. The van der Waals surface area contributed by atoms with Crippen molar-refractivity contribution in [3.05, 3.63) is 70.7 Å². The van der Waals surface area contributed by atoms with E-state index in [2.05, 4.69) is 10.6 Å². The SMILES string of the molecule is CC(C)OC(=O)[C@H](O)CN(Cc1ccc(-c2cccc(Cl)c2)cc1F)NC(=O)c1cc(O)no1. The molecule has 1 atom stereocenters. The van der Waals surface area contributed by atoms with Gasteiger partial charge in [0.2, 0.25) is 5.76 Å². The third-order valence-corrected chi connectivity index (χ3v) is 4.81.